The van der Waals surface area contributed by atoms with Crippen molar-refractivity contribution < 1.29 is 4.79 Å². The molecule has 3 nitrogen and oxygen atoms in total. The molecule has 0 aromatic heterocycles. The Labute approximate surface area is 105 Å². The lowest BCUT2D eigenvalue weighted by Crippen LogP contribution is -2.25. The van der Waals surface area contributed by atoms with Crippen molar-refractivity contribution in [3.8, 4) is 0 Å². The van der Waals surface area contributed by atoms with Gasteiger partial charge in [0.2, 0.25) is 0 Å². The fourth-order valence-electron chi connectivity index (χ4n) is 1.24. The van der Waals surface area contributed by atoms with Gasteiger partial charge in [-0.15, -0.1) is 0 Å². The number of carbonyl (C=O) groups excluding carboxylic acids is 1. The largest absolute Gasteiger partial charge is 0.352 e. The molecule has 0 saturated heterocycles. The van der Waals surface area contributed by atoms with E-state index in [1.807, 2.05) is 0 Å². The molecule has 0 aliphatic carbocycles. The number of benzene rings is 1. The summed E-state index contributed by atoms with van der Waals surface area (Å²) in [6, 6.07) is 4.82. The second-order valence-corrected chi connectivity index (χ2v) is 4.22. The number of nitrogens with two attached hydrogens (primary N) is 1. The minimum absolute atomic E-state index is 0.204. The van der Waals surface area contributed by atoms with Gasteiger partial charge >= 0.3 is 0 Å². The zero-order valence-corrected chi connectivity index (χ0v) is 10.3. The predicted octanol–water partition coefficient (Wildman–Crippen LogP) is 2.46. The molecule has 16 heavy (non-hydrogen) atoms. The van der Waals surface area contributed by atoms with Crippen LogP contribution >= 0.6 is 23.2 Å². The van der Waals surface area contributed by atoms with Gasteiger partial charge in [0, 0.05) is 11.6 Å². The maximum absolute atomic E-state index is 11.7. The van der Waals surface area contributed by atoms with Crippen molar-refractivity contribution in [1.82, 2.24) is 5.32 Å². The Morgan fingerprint density at radius 2 is 2.06 bits per heavy atom. The van der Waals surface area contributed by atoms with Crippen molar-refractivity contribution in [2.45, 2.75) is 12.8 Å². The van der Waals surface area contributed by atoms with E-state index in [2.05, 4.69) is 5.32 Å². The summed E-state index contributed by atoms with van der Waals surface area (Å²) in [4.78, 5) is 11.7. The van der Waals surface area contributed by atoms with Crippen molar-refractivity contribution in [3.63, 3.8) is 0 Å². The third kappa shape index (κ3) is 4.00. The molecule has 0 saturated carbocycles. The van der Waals surface area contributed by atoms with Crippen LogP contribution in [0.2, 0.25) is 10.0 Å². The number of hydrogen-bond donors (Lipinski definition) is 2. The molecular formula is C11H14Cl2N2O. The monoisotopic (exact) mass is 260 g/mol. The van der Waals surface area contributed by atoms with Gasteiger partial charge in [-0.3, -0.25) is 4.79 Å². The van der Waals surface area contributed by atoms with E-state index < -0.39 is 0 Å². The van der Waals surface area contributed by atoms with Gasteiger partial charge in [0.15, 0.2) is 0 Å². The normalized spacial score (nSPS) is 10.2. The molecular weight excluding hydrogens is 247 g/mol. The number of halogens is 2. The summed E-state index contributed by atoms with van der Waals surface area (Å²) in [7, 11) is 0. The standard InChI is InChI=1S/C11H14Cl2N2O/c12-8-3-4-10(13)9(7-8)11(16)15-6-2-1-5-14/h3-4,7H,1-2,5-6,14H2,(H,15,16). The number of hydrogen-bond acceptors (Lipinski definition) is 2. The van der Waals surface area contributed by atoms with E-state index in [0.717, 1.165) is 12.8 Å². The Morgan fingerprint density at radius 1 is 1.31 bits per heavy atom. The molecule has 0 aliphatic heterocycles. The number of carbonyl (C=O) groups is 1. The molecule has 3 N–H and O–H groups in total. The predicted molar refractivity (Wildman–Crippen MR) is 67.1 cm³/mol. The molecule has 1 amide bonds. The average molecular weight is 261 g/mol. The second kappa shape index (κ2) is 6.74. The van der Waals surface area contributed by atoms with Crippen LogP contribution in [0.25, 0.3) is 0 Å². The van der Waals surface area contributed by atoms with E-state index >= 15 is 0 Å². The third-order valence-electron chi connectivity index (χ3n) is 2.09. The van der Waals surface area contributed by atoms with Gasteiger partial charge in [0.05, 0.1) is 10.6 Å². The first-order chi connectivity index (χ1) is 7.65. The second-order valence-electron chi connectivity index (χ2n) is 3.38. The van der Waals surface area contributed by atoms with E-state index in [0.29, 0.717) is 28.7 Å². The van der Waals surface area contributed by atoms with Crippen LogP contribution in [0.15, 0.2) is 18.2 Å². The average Bonchev–Trinajstić information content (AvgIpc) is 2.27. The minimum Gasteiger partial charge on any atom is -0.352 e. The van der Waals surface area contributed by atoms with Crippen LogP contribution in [-0.4, -0.2) is 19.0 Å². The first-order valence-electron chi connectivity index (χ1n) is 5.08. The van der Waals surface area contributed by atoms with Crippen LogP contribution in [0, 0.1) is 0 Å². The van der Waals surface area contributed by atoms with Gasteiger partial charge in [-0.1, -0.05) is 23.2 Å². The van der Waals surface area contributed by atoms with Gasteiger partial charge in [-0.05, 0) is 37.6 Å². The molecule has 0 aliphatic rings. The van der Waals surface area contributed by atoms with E-state index in [9.17, 15) is 4.79 Å². The van der Waals surface area contributed by atoms with E-state index in [4.69, 9.17) is 28.9 Å². The van der Waals surface area contributed by atoms with Crippen molar-refractivity contribution >= 4 is 29.1 Å². The molecule has 0 unspecified atom stereocenters. The Kier molecular flexibility index (Phi) is 5.60. The summed E-state index contributed by atoms with van der Waals surface area (Å²) >= 11 is 11.7. The molecule has 1 aromatic carbocycles. The lowest BCUT2D eigenvalue weighted by Gasteiger charge is -2.06. The van der Waals surface area contributed by atoms with Gasteiger partial charge in [0.25, 0.3) is 5.91 Å². The molecule has 88 valence electrons. The first kappa shape index (κ1) is 13.3. The Hall–Kier alpha value is -0.770. The Bertz CT molecular complexity index is 369. The summed E-state index contributed by atoms with van der Waals surface area (Å²) in [6.45, 7) is 1.23. The molecule has 0 bridgehead atoms. The highest BCUT2D eigenvalue weighted by molar-refractivity contribution is 6.35. The molecule has 1 rings (SSSR count). The van der Waals surface area contributed by atoms with Crippen molar-refractivity contribution in [3.05, 3.63) is 33.8 Å². The number of unbranched alkanes of at least 4 members (excludes halogenated alkanes) is 1. The van der Waals surface area contributed by atoms with Crippen molar-refractivity contribution in [1.29, 1.82) is 0 Å². The molecule has 0 atom stereocenters. The van der Waals surface area contributed by atoms with Crippen LogP contribution in [0.5, 0.6) is 0 Å². The summed E-state index contributed by atoms with van der Waals surface area (Å²) < 4.78 is 0. The van der Waals surface area contributed by atoms with Crippen LogP contribution in [0.1, 0.15) is 23.2 Å². The zero-order valence-electron chi connectivity index (χ0n) is 8.80. The SMILES string of the molecule is NCCCCNC(=O)c1cc(Cl)ccc1Cl. The number of rotatable bonds is 5. The van der Waals surface area contributed by atoms with Crippen LogP contribution in [0.4, 0.5) is 0 Å². The molecule has 0 spiro atoms. The lowest BCUT2D eigenvalue weighted by molar-refractivity contribution is 0.0953. The van der Waals surface area contributed by atoms with Gasteiger partial charge < -0.3 is 11.1 Å². The number of amides is 1. The topological polar surface area (TPSA) is 55.1 Å². The van der Waals surface area contributed by atoms with Gasteiger partial charge in [-0.25, -0.2) is 0 Å². The van der Waals surface area contributed by atoms with Crippen LogP contribution in [0.3, 0.4) is 0 Å². The summed E-state index contributed by atoms with van der Waals surface area (Å²) in [5, 5.41) is 3.66. The van der Waals surface area contributed by atoms with Crippen molar-refractivity contribution in [2.24, 2.45) is 5.73 Å². The van der Waals surface area contributed by atoms with Crippen LogP contribution < -0.4 is 11.1 Å². The number of nitrogens with one attached hydrogen (secondary N) is 1. The highest BCUT2D eigenvalue weighted by Gasteiger charge is 2.09. The van der Waals surface area contributed by atoms with Gasteiger partial charge in [-0.2, -0.15) is 0 Å². The van der Waals surface area contributed by atoms with Crippen molar-refractivity contribution in [2.75, 3.05) is 13.1 Å². The highest BCUT2D eigenvalue weighted by atomic mass is 35.5. The summed E-state index contributed by atoms with van der Waals surface area (Å²) in [5.74, 6) is -0.204. The molecule has 0 radical (unpaired) electrons. The van der Waals surface area contributed by atoms with E-state index in [-0.39, 0.29) is 5.91 Å². The minimum atomic E-state index is -0.204. The third-order valence-corrected chi connectivity index (χ3v) is 2.65. The van der Waals surface area contributed by atoms with E-state index in [1.165, 1.54) is 0 Å². The Morgan fingerprint density at radius 3 is 2.75 bits per heavy atom. The van der Waals surface area contributed by atoms with Gasteiger partial charge in [0.1, 0.15) is 0 Å². The lowest BCUT2D eigenvalue weighted by atomic mass is 10.2. The fourth-order valence-corrected chi connectivity index (χ4v) is 1.61. The molecule has 0 heterocycles. The smallest absolute Gasteiger partial charge is 0.252 e. The fraction of sp³-hybridized carbons (Fsp3) is 0.364. The van der Waals surface area contributed by atoms with Crippen LogP contribution in [-0.2, 0) is 0 Å². The molecule has 1 aromatic rings. The maximum Gasteiger partial charge on any atom is 0.252 e. The summed E-state index contributed by atoms with van der Waals surface area (Å²) in [5.41, 5.74) is 5.75. The molecule has 5 heteroatoms. The first-order valence-corrected chi connectivity index (χ1v) is 5.84. The zero-order chi connectivity index (χ0) is 12.0. The Balaban J connectivity index is 2.55. The van der Waals surface area contributed by atoms with E-state index in [1.54, 1.807) is 18.2 Å². The quantitative estimate of drug-likeness (QED) is 0.800. The summed E-state index contributed by atoms with van der Waals surface area (Å²) in [6.07, 6.45) is 1.75. The maximum atomic E-state index is 11.7. The molecule has 0 fully saturated rings. The highest BCUT2D eigenvalue weighted by Crippen LogP contribution is 2.20.